The van der Waals surface area contributed by atoms with Crippen molar-refractivity contribution in [2.75, 3.05) is 26.2 Å². The molecule has 0 saturated carbocycles. The number of amides is 1. The molecule has 1 aromatic rings. The van der Waals surface area contributed by atoms with Crippen LogP contribution in [0.15, 0.2) is 23.1 Å². The van der Waals surface area contributed by atoms with Crippen molar-refractivity contribution < 1.29 is 23.1 Å². The smallest absolute Gasteiger partial charge is 0.335 e. The fraction of sp³-hybridized carbons (Fsp3) is 0.556. The van der Waals surface area contributed by atoms with Gasteiger partial charge in [-0.1, -0.05) is 13.8 Å². The highest BCUT2D eigenvalue weighted by Gasteiger charge is 2.29. The maximum Gasteiger partial charge on any atom is 0.335 e. The Bertz CT molecular complexity index is 764. The van der Waals surface area contributed by atoms with Crippen molar-refractivity contribution in [1.82, 2.24) is 9.21 Å². The lowest BCUT2D eigenvalue weighted by molar-refractivity contribution is 0.0696. The number of aromatic carboxylic acids is 1. The van der Waals surface area contributed by atoms with Gasteiger partial charge >= 0.3 is 5.97 Å². The zero-order valence-electron chi connectivity index (χ0n) is 15.3. The summed E-state index contributed by atoms with van der Waals surface area (Å²) in [5, 5.41) is 9.36. The predicted molar refractivity (Wildman–Crippen MR) is 97.9 cm³/mol. The topological polar surface area (TPSA) is 95.0 Å². The highest BCUT2D eigenvalue weighted by molar-refractivity contribution is 7.89. The molecule has 0 spiro atoms. The van der Waals surface area contributed by atoms with Gasteiger partial charge in [-0.25, -0.2) is 13.2 Å². The molecule has 1 aliphatic heterocycles. The van der Waals surface area contributed by atoms with Crippen LogP contribution in [0.25, 0.3) is 0 Å². The highest BCUT2D eigenvalue weighted by atomic mass is 32.2. The van der Waals surface area contributed by atoms with Crippen molar-refractivity contribution >= 4 is 21.9 Å². The summed E-state index contributed by atoms with van der Waals surface area (Å²) in [6, 6.07) is 3.70. The molecule has 1 N–H and O–H groups in total. The first-order valence-electron chi connectivity index (χ1n) is 8.99. The summed E-state index contributed by atoms with van der Waals surface area (Å²) in [5.41, 5.74) is -0.0915. The van der Waals surface area contributed by atoms with Gasteiger partial charge in [-0.15, -0.1) is 0 Å². The fourth-order valence-corrected chi connectivity index (χ4v) is 4.70. The van der Waals surface area contributed by atoms with E-state index in [0.29, 0.717) is 26.2 Å². The minimum Gasteiger partial charge on any atom is -0.478 e. The molecule has 0 bridgehead atoms. The van der Waals surface area contributed by atoms with Gasteiger partial charge in [0.2, 0.25) is 10.0 Å². The van der Waals surface area contributed by atoms with Crippen LogP contribution >= 0.6 is 0 Å². The molecule has 1 heterocycles. The third-order valence-electron chi connectivity index (χ3n) is 4.38. The molecular formula is C18H26N2O5S. The average Bonchev–Trinajstić information content (AvgIpc) is 3.16. The lowest BCUT2D eigenvalue weighted by atomic mass is 10.1. The van der Waals surface area contributed by atoms with Crippen LogP contribution < -0.4 is 0 Å². The zero-order chi connectivity index (χ0) is 19.3. The van der Waals surface area contributed by atoms with Crippen molar-refractivity contribution in [3.8, 4) is 0 Å². The van der Waals surface area contributed by atoms with Crippen LogP contribution in [0.5, 0.6) is 0 Å². The second-order valence-corrected chi connectivity index (χ2v) is 8.39. The number of hydrogen-bond donors (Lipinski definition) is 1. The van der Waals surface area contributed by atoms with E-state index in [2.05, 4.69) is 0 Å². The monoisotopic (exact) mass is 382 g/mol. The Morgan fingerprint density at radius 1 is 1.04 bits per heavy atom. The maximum atomic E-state index is 12.8. The van der Waals surface area contributed by atoms with E-state index < -0.39 is 16.0 Å². The first-order chi connectivity index (χ1) is 12.3. The molecule has 0 unspecified atom stereocenters. The van der Waals surface area contributed by atoms with Gasteiger partial charge < -0.3 is 10.0 Å². The Morgan fingerprint density at radius 3 is 2.08 bits per heavy atom. The Morgan fingerprint density at radius 2 is 1.58 bits per heavy atom. The number of sulfonamides is 1. The Balaban J connectivity index is 2.48. The molecule has 2 rings (SSSR count). The summed E-state index contributed by atoms with van der Waals surface area (Å²) in [6.07, 6.45) is 3.10. The largest absolute Gasteiger partial charge is 0.478 e. The minimum absolute atomic E-state index is 0.101. The molecule has 0 atom stereocenters. The van der Waals surface area contributed by atoms with E-state index in [1.165, 1.54) is 16.4 Å². The number of rotatable bonds is 8. The Labute approximate surface area is 154 Å². The Kier molecular flexibility index (Phi) is 6.77. The molecule has 26 heavy (non-hydrogen) atoms. The molecular weight excluding hydrogens is 356 g/mol. The van der Waals surface area contributed by atoms with Crippen molar-refractivity contribution in [2.24, 2.45) is 0 Å². The number of carbonyl (C=O) groups excluding carboxylic acids is 1. The molecule has 0 aliphatic carbocycles. The molecule has 0 radical (unpaired) electrons. The zero-order valence-corrected chi connectivity index (χ0v) is 16.1. The van der Waals surface area contributed by atoms with Crippen molar-refractivity contribution in [3.05, 3.63) is 29.3 Å². The first-order valence-corrected chi connectivity index (χ1v) is 10.4. The number of nitrogens with zero attached hydrogens (tertiary/aromatic N) is 2. The molecule has 1 aromatic carbocycles. The summed E-state index contributed by atoms with van der Waals surface area (Å²) in [6.45, 7) is 5.82. The van der Waals surface area contributed by atoms with Crippen molar-refractivity contribution in [1.29, 1.82) is 0 Å². The third kappa shape index (κ3) is 4.42. The van der Waals surface area contributed by atoms with Crippen molar-refractivity contribution in [2.45, 2.75) is 44.4 Å². The SMILES string of the molecule is CCCN(CCC)C(=O)c1cc(C(=O)O)cc(S(=O)(=O)N2CCCC2)c1. The van der Waals surface area contributed by atoms with Gasteiger partial charge in [-0.05, 0) is 43.9 Å². The summed E-state index contributed by atoms with van der Waals surface area (Å²) >= 11 is 0. The highest BCUT2D eigenvalue weighted by Crippen LogP contribution is 2.24. The van der Waals surface area contributed by atoms with E-state index >= 15 is 0 Å². The van der Waals surface area contributed by atoms with E-state index in [0.717, 1.165) is 31.7 Å². The normalized spacial score (nSPS) is 15.2. The quantitative estimate of drug-likeness (QED) is 0.745. The van der Waals surface area contributed by atoms with Crippen LogP contribution in [-0.2, 0) is 10.0 Å². The van der Waals surface area contributed by atoms with E-state index in [1.54, 1.807) is 4.90 Å². The molecule has 1 amide bonds. The summed E-state index contributed by atoms with van der Waals surface area (Å²) in [5.74, 6) is -1.59. The number of hydrogen-bond acceptors (Lipinski definition) is 4. The van der Waals surface area contributed by atoms with Crippen LogP contribution in [0, 0.1) is 0 Å². The summed E-state index contributed by atoms with van der Waals surface area (Å²) in [4.78, 5) is 25.8. The lowest BCUT2D eigenvalue weighted by Crippen LogP contribution is -2.33. The average molecular weight is 382 g/mol. The number of carboxylic acids is 1. The summed E-state index contributed by atoms with van der Waals surface area (Å²) in [7, 11) is -3.80. The van der Waals surface area contributed by atoms with Crippen LogP contribution in [-0.4, -0.2) is 60.8 Å². The van der Waals surface area contributed by atoms with Gasteiger partial charge in [-0.3, -0.25) is 4.79 Å². The maximum absolute atomic E-state index is 12.8. The molecule has 8 heteroatoms. The molecule has 1 fully saturated rings. The van der Waals surface area contributed by atoms with Crippen LogP contribution in [0.4, 0.5) is 0 Å². The van der Waals surface area contributed by atoms with Crippen LogP contribution in [0.3, 0.4) is 0 Å². The molecule has 0 aromatic heterocycles. The second-order valence-electron chi connectivity index (χ2n) is 6.45. The van der Waals surface area contributed by atoms with Gasteiger partial charge in [0.1, 0.15) is 0 Å². The number of carbonyl (C=O) groups is 2. The van der Waals surface area contributed by atoms with E-state index in [-0.39, 0.29) is 21.9 Å². The standard InChI is InChI=1S/C18H26N2O5S/c1-3-7-19(8-4-2)17(21)14-11-15(18(22)23)13-16(12-14)26(24,25)20-9-5-6-10-20/h11-13H,3-10H2,1-2H3,(H,22,23). The van der Waals surface area contributed by atoms with Gasteiger partial charge in [0.05, 0.1) is 10.5 Å². The predicted octanol–water partition coefficient (Wildman–Crippen LogP) is 2.43. The summed E-state index contributed by atoms with van der Waals surface area (Å²) < 4.78 is 27.0. The molecule has 7 nitrogen and oxygen atoms in total. The third-order valence-corrected chi connectivity index (χ3v) is 6.25. The van der Waals surface area contributed by atoms with Gasteiger partial charge in [-0.2, -0.15) is 4.31 Å². The van der Waals surface area contributed by atoms with Crippen LogP contribution in [0.1, 0.15) is 60.2 Å². The van der Waals surface area contributed by atoms with Gasteiger partial charge in [0.15, 0.2) is 0 Å². The van der Waals surface area contributed by atoms with E-state index in [1.807, 2.05) is 13.8 Å². The van der Waals surface area contributed by atoms with E-state index in [9.17, 15) is 23.1 Å². The first kappa shape index (κ1) is 20.4. The number of benzene rings is 1. The van der Waals surface area contributed by atoms with E-state index in [4.69, 9.17) is 0 Å². The van der Waals surface area contributed by atoms with Gasteiger partial charge in [0, 0.05) is 31.7 Å². The second kappa shape index (κ2) is 8.64. The Hall–Kier alpha value is -1.93. The fourth-order valence-electron chi connectivity index (χ4n) is 3.11. The minimum atomic E-state index is -3.80. The molecule has 144 valence electrons. The van der Waals surface area contributed by atoms with Crippen LogP contribution in [0.2, 0.25) is 0 Å². The van der Waals surface area contributed by atoms with Crippen molar-refractivity contribution in [3.63, 3.8) is 0 Å². The number of carboxylic acid groups (broad SMARTS) is 1. The molecule has 1 aliphatic rings. The van der Waals surface area contributed by atoms with Gasteiger partial charge in [0.25, 0.3) is 5.91 Å². The lowest BCUT2D eigenvalue weighted by Gasteiger charge is -2.22. The molecule has 1 saturated heterocycles.